The molecule has 1 aromatic heterocycles. The summed E-state index contributed by atoms with van der Waals surface area (Å²) in [6.07, 6.45) is 2.40. The lowest BCUT2D eigenvalue weighted by Crippen LogP contribution is -1.99. The number of halogens is 1. The maximum atomic E-state index is 5.96. The van der Waals surface area contributed by atoms with E-state index in [1.165, 1.54) is 12.8 Å². The van der Waals surface area contributed by atoms with E-state index in [1.807, 2.05) is 30.3 Å². The monoisotopic (exact) mass is 245 g/mol. The fraction of sp³-hybridized carbons (Fsp3) is 0.231. The van der Waals surface area contributed by atoms with Crippen LogP contribution < -0.4 is 5.73 Å². The van der Waals surface area contributed by atoms with E-state index in [9.17, 15) is 0 Å². The summed E-state index contributed by atoms with van der Waals surface area (Å²) in [6, 6.07) is 9.39. The molecule has 0 spiro atoms. The summed E-state index contributed by atoms with van der Waals surface area (Å²) in [6.45, 7) is 0. The van der Waals surface area contributed by atoms with Crippen molar-refractivity contribution < 1.29 is 0 Å². The van der Waals surface area contributed by atoms with E-state index in [-0.39, 0.29) is 0 Å². The van der Waals surface area contributed by atoms with Gasteiger partial charge in [-0.05, 0) is 25.0 Å². The van der Waals surface area contributed by atoms with E-state index in [2.05, 4.69) is 9.97 Å². The van der Waals surface area contributed by atoms with Crippen molar-refractivity contribution in [2.45, 2.75) is 18.8 Å². The summed E-state index contributed by atoms with van der Waals surface area (Å²) < 4.78 is 0. The Bertz CT molecular complexity index is 564. The van der Waals surface area contributed by atoms with Crippen molar-refractivity contribution >= 4 is 17.4 Å². The van der Waals surface area contributed by atoms with Crippen LogP contribution in [0.4, 0.5) is 5.82 Å². The molecule has 1 saturated carbocycles. The van der Waals surface area contributed by atoms with Crippen molar-refractivity contribution in [3.63, 3.8) is 0 Å². The second kappa shape index (κ2) is 4.00. The molecule has 86 valence electrons. The normalized spacial score (nSPS) is 14.9. The van der Waals surface area contributed by atoms with Gasteiger partial charge in [0.1, 0.15) is 5.82 Å². The average molecular weight is 246 g/mol. The number of hydrogen-bond acceptors (Lipinski definition) is 3. The number of aromatic nitrogens is 2. The third-order valence-corrected chi connectivity index (χ3v) is 3.08. The molecular weight excluding hydrogens is 234 g/mol. The van der Waals surface area contributed by atoms with E-state index in [0.29, 0.717) is 22.6 Å². The molecule has 0 aliphatic heterocycles. The molecule has 3 rings (SSSR count). The molecule has 17 heavy (non-hydrogen) atoms. The van der Waals surface area contributed by atoms with E-state index < -0.39 is 0 Å². The van der Waals surface area contributed by atoms with E-state index >= 15 is 0 Å². The van der Waals surface area contributed by atoms with Gasteiger partial charge in [-0.3, -0.25) is 0 Å². The smallest absolute Gasteiger partial charge is 0.161 e. The Hall–Kier alpha value is -1.61. The Morgan fingerprint density at radius 1 is 1.18 bits per heavy atom. The minimum absolute atomic E-state index is 0.525. The van der Waals surface area contributed by atoms with E-state index in [4.69, 9.17) is 17.3 Å². The van der Waals surface area contributed by atoms with Gasteiger partial charge < -0.3 is 5.73 Å². The van der Waals surface area contributed by atoms with Crippen LogP contribution in [0.1, 0.15) is 24.5 Å². The van der Waals surface area contributed by atoms with Crippen molar-refractivity contribution in [1.29, 1.82) is 0 Å². The molecule has 0 saturated heterocycles. The molecule has 0 atom stereocenters. The van der Waals surface area contributed by atoms with Crippen molar-refractivity contribution in [3.8, 4) is 11.4 Å². The highest BCUT2D eigenvalue weighted by molar-refractivity contribution is 6.30. The van der Waals surface area contributed by atoms with Gasteiger partial charge in [-0.1, -0.05) is 23.7 Å². The summed E-state index contributed by atoms with van der Waals surface area (Å²) in [5.74, 6) is 1.75. The molecular formula is C13H12ClN3. The number of nitrogens with two attached hydrogens (primary N) is 1. The van der Waals surface area contributed by atoms with Crippen LogP contribution in [-0.4, -0.2) is 9.97 Å². The zero-order valence-electron chi connectivity index (χ0n) is 9.23. The summed E-state index contributed by atoms with van der Waals surface area (Å²) in [5.41, 5.74) is 7.77. The van der Waals surface area contributed by atoms with Crippen LogP contribution in [-0.2, 0) is 0 Å². The highest BCUT2D eigenvalue weighted by Crippen LogP contribution is 2.39. The predicted molar refractivity (Wildman–Crippen MR) is 68.9 cm³/mol. The van der Waals surface area contributed by atoms with Crippen LogP contribution >= 0.6 is 11.6 Å². The van der Waals surface area contributed by atoms with Gasteiger partial charge in [0.2, 0.25) is 0 Å². The predicted octanol–water partition coefficient (Wildman–Crippen LogP) is 3.26. The molecule has 1 fully saturated rings. The van der Waals surface area contributed by atoms with Gasteiger partial charge >= 0.3 is 0 Å². The van der Waals surface area contributed by atoms with Gasteiger partial charge in [-0.2, -0.15) is 0 Å². The van der Waals surface area contributed by atoms with Crippen LogP contribution in [0, 0.1) is 0 Å². The Balaban J connectivity index is 2.07. The van der Waals surface area contributed by atoms with Crippen LogP contribution in [0.2, 0.25) is 5.02 Å². The first kappa shape index (κ1) is 10.5. The second-order valence-corrected chi connectivity index (χ2v) is 4.76. The summed E-state index contributed by atoms with van der Waals surface area (Å²) in [5, 5.41) is 0.682. The third kappa shape index (κ3) is 2.24. The van der Waals surface area contributed by atoms with Crippen LogP contribution in [0.15, 0.2) is 30.3 Å². The van der Waals surface area contributed by atoms with Crippen LogP contribution in [0.25, 0.3) is 11.4 Å². The van der Waals surface area contributed by atoms with Gasteiger partial charge in [-0.25, -0.2) is 9.97 Å². The number of nitrogen functional groups attached to an aromatic ring is 1. The summed E-state index contributed by atoms with van der Waals surface area (Å²) in [4.78, 5) is 8.82. The van der Waals surface area contributed by atoms with E-state index in [0.717, 1.165) is 11.3 Å². The maximum absolute atomic E-state index is 5.96. The Morgan fingerprint density at radius 3 is 2.71 bits per heavy atom. The summed E-state index contributed by atoms with van der Waals surface area (Å²) >= 11 is 5.96. The third-order valence-electron chi connectivity index (χ3n) is 2.84. The molecule has 1 aromatic carbocycles. The minimum Gasteiger partial charge on any atom is -0.384 e. The number of anilines is 1. The zero-order chi connectivity index (χ0) is 11.8. The Kier molecular flexibility index (Phi) is 2.48. The number of hydrogen-bond donors (Lipinski definition) is 1. The summed E-state index contributed by atoms with van der Waals surface area (Å²) in [7, 11) is 0. The fourth-order valence-electron chi connectivity index (χ4n) is 1.83. The molecule has 0 amide bonds. The Morgan fingerprint density at radius 2 is 2.00 bits per heavy atom. The SMILES string of the molecule is Nc1cc(C2CC2)nc(-c2cccc(Cl)c2)n1. The lowest BCUT2D eigenvalue weighted by Gasteiger charge is -2.05. The molecule has 2 aromatic rings. The quantitative estimate of drug-likeness (QED) is 0.884. The molecule has 2 N–H and O–H groups in total. The van der Waals surface area contributed by atoms with Crippen molar-refractivity contribution in [1.82, 2.24) is 9.97 Å². The minimum atomic E-state index is 0.525. The Labute approximate surface area is 105 Å². The molecule has 0 radical (unpaired) electrons. The topological polar surface area (TPSA) is 51.8 Å². The molecule has 0 unspecified atom stereocenters. The second-order valence-electron chi connectivity index (χ2n) is 4.33. The standard InChI is InChI=1S/C13H12ClN3/c14-10-3-1-2-9(6-10)13-16-11(8-4-5-8)7-12(15)17-13/h1-3,6-8H,4-5H2,(H2,15,16,17). The maximum Gasteiger partial charge on any atom is 0.161 e. The van der Waals surface area contributed by atoms with Gasteiger partial charge in [-0.15, -0.1) is 0 Å². The zero-order valence-corrected chi connectivity index (χ0v) is 9.98. The van der Waals surface area contributed by atoms with Crippen molar-refractivity contribution in [2.75, 3.05) is 5.73 Å². The van der Waals surface area contributed by atoms with E-state index in [1.54, 1.807) is 0 Å². The number of nitrogens with zero attached hydrogens (tertiary/aromatic N) is 2. The fourth-order valence-corrected chi connectivity index (χ4v) is 2.02. The van der Waals surface area contributed by atoms with Gasteiger partial charge in [0.25, 0.3) is 0 Å². The highest BCUT2D eigenvalue weighted by Gasteiger charge is 2.26. The lowest BCUT2D eigenvalue weighted by atomic mass is 10.2. The number of benzene rings is 1. The van der Waals surface area contributed by atoms with Crippen molar-refractivity contribution in [2.24, 2.45) is 0 Å². The van der Waals surface area contributed by atoms with Crippen LogP contribution in [0.5, 0.6) is 0 Å². The van der Waals surface area contributed by atoms with Crippen LogP contribution in [0.3, 0.4) is 0 Å². The molecule has 3 nitrogen and oxygen atoms in total. The number of rotatable bonds is 2. The molecule has 1 aliphatic rings. The highest BCUT2D eigenvalue weighted by atomic mass is 35.5. The molecule has 4 heteroatoms. The molecule has 1 aliphatic carbocycles. The van der Waals surface area contributed by atoms with Crippen molar-refractivity contribution in [3.05, 3.63) is 41.0 Å². The first-order chi connectivity index (χ1) is 8.22. The van der Waals surface area contributed by atoms with Gasteiger partial charge in [0.15, 0.2) is 5.82 Å². The first-order valence-corrected chi connectivity index (χ1v) is 6.00. The average Bonchev–Trinajstić information content (AvgIpc) is 3.12. The lowest BCUT2D eigenvalue weighted by molar-refractivity contribution is 0.998. The molecule has 0 bridgehead atoms. The first-order valence-electron chi connectivity index (χ1n) is 5.63. The largest absolute Gasteiger partial charge is 0.384 e. The van der Waals surface area contributed by atoms with Gasteiger partial charge in [0.05, 0.1) is 0 Å². The molecule has 1 heterocycles. The van der Waals surface area contributed by atoms with Gasteiger partial charge in [0, 0.05) is 28.3 Å².